The number of aliphatic hydroxyl groups is 1. The topological polar surface area (TPSA) is 87.4 Å². The molecule has 0 unspecified atom stereocenters. The molecule has 130 valence electrons. The SMILES string of the molecule is CC(C)[C@@H](NC(=O)N[C@H](C)C[C@H](O)c1ccco1)c1ccccn1. The number of nitrogens with zero attached hydrogens (tertiary/aromatic N) is 1. The van der Waals surface area contributed by atoms with Crippen molar-refractivity contribution in [1.82, 2.24) is 15.6 Å². The molecule has 0 aliphatic rings. The van der Waals surface area contributed by atoms with Crippen LogP contribution in [0.25, 0.3) is 0 Å². The number of hydrogen-bond donors (Lipinski definition) is 3. The molecule has 0 spiro atoms. The van der Waals surface area contributed by atoms with Gasteiger partial charge in [-0.05, 0) is 37.1 Å². The fraction of sp³-hybridized carbons (Fsp3) is 0.444. The van der Waals surface area contributed by atoms with E-state index in [4.69, 9.17) is 4.42 Å². The molecule has 2 aromatic heterocycles. The molecule has 3 N–H and O–H groups in total. The van der Waals surface area contributed by atoms with E-state index in [9.17, 15) is 9.90 Å². The molecule has 2 amide bonds. The molecule has 0 saturated carbocycles. The number of carbonyl (C=O) groups is 1. The normalized spacial score (nSPS) is 14.9. The van der Waals surface area contributed by atoms with E-state index in [-0.39, 0.29) is 24.0 Å². The van der Waals surface area contributed by atoms with Crippen molar-refractivity contribution in [2.24, 2.45) is 5.92 Å². The Morgan fingerprint density at radius 1 is 1.21 bits per heavy atom. The molecule has 2 rings (SSSR count). The van der Waals surface area contributed by atoms with Crippen LogP contribution >= 0.6 is 0 Å². The van der Waals surface area contributed by atoms with Gasteiger partial charge in [0.15, 0.2) is 0 Å². The zero-order chi connectivity index (χ0) is 17.5. The van der Waals surface area contributed by atoms with Gasteiger partial charge in [-0.25, -0.2) is 4.79 Å². The number of hydrogen-bond acceptors (Lipinski definition) is 4. The van der Waals surface area contributed by atoms with Crippen LogP contribution in [0.4, 0.5) is 4.79 Å². The first kappa shape index (κ1) is 18.0. The summed E-state index contributed by atoms with van der Waals surface area (Å²) >= 11 is 0. The van der Waals surface area contributed by atoms with E-state index in [2.05, 4.69) is 15.6 Å². The van der Waals surface area contributed by atoms with Crippen molar-refractivity contribution >= 4 is 6.03 Å². The van der Waals surface area contributed by atoms with Gasteiger partial charge in [0.2, 0.25) is 0 Å². The number of amides is 2. The van der Waals surface area contributed by atoms with Crippen molar-refractivity contribution < 1.29 is 14.3 Å². The van der Waals surface area contributed by atoms with Gasteiger partial charge in [-0.2, -0.15) is 0 Å². The zero-order valence-electron chi connectivity index (χ0n) is 14.3. The number of aromatic nitrogens is 1. The lowest BCUT2D eigenvalue weighted by molar-refractivity contribution is 0.129. The fourth-order valence-electron chi connectivity index (χ4n) is 2.54. The summed E-state index contributed by atoms with van der Waals surface area (Å²) in [7, 11) is 0. The molecule has 0 aliphatic heterocycles. The number of pyridine rings is 1. The van der Waals surface area contributed by atoms with E-state index >= 15 is 0 Å². The Balaban J connectivity index is 1.88. The van der Waals surface area contributed by atoms with Gasteiger partial charge in [0.25, 0.3) is 0 Å². The maximum Gasteiger partial charge on any atom is 0.315 e. The Bertz CT molecular complexity index is 614. The maximum atomic E-state index is 12.3. The first-order valence-electron chi connectivity index (χ1n) is 8.16. The van der Waals surface area contributed by atoms with Crippen LogP contribution in [0.3, 0.4) is 0 Å². The molecular formula is C18H25N3O3. The van der Waals surface area contributed by atoms with Crippen molar-refractivity contribution in [3.63, 3.8) is 0 Å². The third-order valence-corrected chi connectivity index (χ3v) is 3.79. The summed E-state index contributed by atoms with van der Waals surface area (Å²) in [6.07, 6.45) is 2.86. The Hall–Kier alpha value is -2.34. The molecule has 6 heteroatoms. The number of urea groups is 1. The van der Waals surface area contributed by atoms with E-state index in [1.807, 2.05) is 39.0 Å². The summed E-state index contributed by atoms with van der Waals surface area (Å²) in [5.74, 6) is 0.701. The third-order valence-electron chi connectivity index (χ3n) is 3.79. The molecule has 0 aliphatic carbocycles. The first-order chi connectivity index (χ1) is 11.5. The molecule has 0 aromatic carbocycles. The molecule has 6 nitrogen and oxygen atoms in total. The molecule has 24 heavy (non-hydrogen) atoms. The molecule has 0 saturated heterocycles. The van der Waals surface area contributed by atoms with Crippen LogP contribution in [0.5, 0.6) is 0 Å². The Kier molecular flexibility index (Phi) is 6.37. The Morgan fingerprint density at radius 3 is 2.58 bits per heavy atom. The fourth-order valence-corrected chi connectivity index (χ4v) is 2.54. The minimum Gasteiger partial charge on any atom is -0.467 e. The second-order valence-corrected chi connectivity index (χ2v) is 6.26. The van der Waals surface area contributed by atoms with Gasteiger partial charge in [-0.3, -0.25) is 4.98 Å². The molecule has 0 radical (unpaired) electrons. The van der Waals surface area contributed by atoms with Crippen molar-refractivity contribution in [3.8, 4) is 0 Å². The number of nitrogens with one attached hydrogen (secondary N) is 2. The van der Waals surface area contributed by atoms with Gasteiger partial charge < -0.3 is 20.2 Å². The number of carbonyl (C=O) groups excluding carboxylic acids is 1. The Labute approximate surface area is 142 Å². The summed E-state index contributed by atoms with van der Waals surface area (Å²) in [5, 5.41) is 15.9. The highest BCUT2D eigenvalue weighted by Gasteiger charge is 2.21. The molecule has 2 heterocycles. The smallest absolute Gasteiger partial charge is 0.315 e. The highest BCUT2D eigenvalue weighted by Crippen LogP contribution is 2.20. The van der Waals surface area contributed by atoms with Crippen molar-refractivity contribution in [2.75, 3.05) is 0 Å². The second kappa shape index (κ2) is 8.49. The summed E-state index contributed by atoms with van der Waals surface area (Å²) in [6.45, 7) is 5.91. The van der Waals surface area contributed by atoms with Crippen LogP contribution < -0.4 is 10.6 Å². The van der Waals surface area contributed by atoms with Gasteiger partial charge in [-0.1, -0.05) is 19.9 Å². The van der Waals surface area contributed by atoms with Gasteiger partial charge in [0, 0.05) is 18.7 Å². The van der Waals surface area contributed by atoms with Crippen LogP contribution in [-0.4, -0.2) is 22.2 Å². The Morgan fingerprint density at radius 2 is 2.00 bits per heavy atom. The van der Waals surface area contributed by atoms with Gasteiger partial charge in [0.05, 0.1) is 18.0 Å². The molecule has 0 bridgehead atoms. The quantitative estimate of drug-likeness (QED) is 0.727. The van der Waals surface area contributed by atoms with Crippen LogP contribution in [0, 0.1) is 5.92 Å². The first-order valence-corrected chi connectivity index (χ1v) is 8.16. The highest BCUT2D eigenvalue weighted by molar-refractivity contribution is 5.74. The van der Waals surface area contributed by atoms with Gasteiger partial charge in [-0.15, -0.1) is 0 Å². The van der Waals surface area contributed by atoms with E-state index in [0.717, 1.165) is 5.69 Å². The van der Waals surface area contributed by atoms with Gasteiger partial charge in [0.1, 0.15) is 11.9 Å². The van der Waals surface area contributed by atoms with Crippen molar-refractivity contribution in [2.45, 2.75) is 45.4 Å². The van der Waals surface area contributed by atoms with E-state index in [1.165, 1.54) is 6.26 Å². The van der Waals surface area contributed by atoms with E-state index < -0.39 is 6.10 Å². The average Bonchev–Trinajstić information content (AvgIpc) is 3.07. The lowest BCUT2D eigenvalue weighted by atomic mass is 10.0. The van der Waals surface area contributed by atoms with E-state index in [1.54, 1.807) is 18.3 Å². The predicted octanol–water partition coefficient (Wildman–Crippen LogP) is 3.18. The minimum absolute atomic E-state index is 0.173. The van der Waals surface area contributed by atoms with Crippen molar-refractivity contribution in [3.05, 3.63) is 54.2 Å². The zero-order valence-corrected chi connectivity index (χ0v) is 14.3. The molecule has 3 atom stereocenters. The van der Waals surface area contributed by atoms with Gasteiger partial charge >= 0.3 is 6.03 Å². The van der Waals surface area contributed by atoms with Crippen molar-refractivity contribution in [1.29, 1.82) is 0 Å². The number of rotatable bonds is 7. The number of aliphatic hydroxyl groups excluding tert-OH is 1. The molecular weight excluding hydrogens is 306 g/mol. The summed E-state index contributed by atoms with van der Waals surface area (Å²) in [6, 6.07) is 8.43. The summed E-state index contributed by atoms with van der Waals surface area (Å²) in [5.41, 5.74) is 0.825. The number of furan rings is 1. The van der Waals surface area contributed by atoms with Crippen LogP contribution in [0.15, 0.2) is 47.2 Å². The lowest BCUT2D eigenvalue weighted by Crippen LogP contribution is -2.44. The van der Waals surface area contributed by atoms with E-state index in [0.29, 0.717) is 12.2 Å². The minimum atomic E-state index is -0.744. The largest absolute Gasteiger partial charge is 0.467 e. The lowest BCUT2D eigenvalue weighted by Gasteiger charge is -2.24. The van der Waals surface area contributed by atoms with Crippen LogP contribution in [-0.2, 0) is 0 Å². The predicted molar refractivity (Wildman–Crippen MR) is 91.2 cm³/mol. The summed E-state index contributed by atoms with van der Waals surface area (Å²) < 4.78 is 5.17. The highest BCUT2D eigenvalue weighted by atomic mass is 16.4. The second-order valence-electron chi connectivity index (χ2n) is 6.26. The molecule has 2 aromatic rings. The maximum absolute atomic E-state index is 12.3. The monoisotopic (exact) mass is 331 g/mol. The standard InChI is InChI=1S/C18H25N3O3/c1-12(2)17(14-7-4-5-9-19-14)21-18(23)20-13(3)11-15(22)16-8-6-10-24-16/h4-10,12-13,15,17,22H,11H2,1-3H3,(H2,20,21,23)/t13-,15+,17-/m1/s1. The summed E-state index contributed by atoms with van der Waals surface area (Å²) in [4.78, 5) is 16.6. The molecule has 0 fully saturated rings. The van der Waals surface area contributed by atoms with Crippen LogP contribution in [0.1, 0.15) is 50.8 Å². The average molecular weight is 331 g/mol. The third kappa shape index (κ3) is 5.09. The van der Waals surface area contributed by atoms with Crippen LogP contribution in [0.2, 0.25) is 0 Å².